The zero-order chi connectivity index (χ0) is 46.8. The van der Waals surface area contributed by atoms with Crippen molar-refractivity contribution in [2.24, 2.45) is 0 Å². The van der Waals surface area contributed by atoms with Crippen LogP contribution in [0.15, 0.2) is 12.2 Å². The van der Waals surface area contributed by atoms with E-state index in [1.807, 2.05) is 0 Å². The van der Waals surface area contributed by atoms with Crippen molar-refractivity contribution in [2.45, 2.75) is 280 Å². The predicted molar refractivity (Wildman–Crippen MR) is 249 cm³/mol. The molecule has 14 heteroatoms. The number of aliphatic hydroxyl groups is 8. The number of hydrogen-bond acceptors (Lipinski definition) is 13. The van der Waals surface area contributed by atoms with Crippen molar-refractivity contribution in [3.63, 3.8) is 0 Å². The standard InChI is InChI=1S/C50H95NO13/c1-3-5-7-8-9-10-11-12-13-14-15-16-17-18-19-20-21-22-23-24-25-26-27-28-29-30-32-34-42(55)51-38(39(54)33-31-6-4-2)37-61-49-47(60)45(58)48(41(36-53)63-49)64-50-46(59)44(57)43(56)40(35-52)62-50/h14-15,38-41,43-50,52-54,56-60H,3-13,16-37H2,1-2H3,(H,51,55)/b15-14-. The van der Waals surface area contributed by atoms with E-state index in [1.54, 1.807) is 0 Å². The van der Waals surface area contributed by atoms with Crippen LogP contribution in [0.4, 0.5) is 0 Å². The minimum atomic E-state index is -1.78. The highest BCUT2D eigenvalue weighted by molar-refractivity contribution is 5.76. The molecule has 0 aromatic carbocycles. The van der Waals surface area contributed by atoms with Crippen LogP contribution in [0, 0.1) is 0 Å². The number of carbonyl (C=O) groups is 1. The fraction of sp³-hybridized carbons (Fsp3) is 0.940. The number of aliphatic hydroxyl groups excluding tert-OH is 8. The van der Waals surface area contributed by atoms with Crippen LogP contribution in [0.2, 0.25) is 0 Å². The summed E-state index contributed by atoms with van der Waals surface area (Å²) < 4.78 is 22.5. The molecule has 0 bridgehead atoms. The van der Waals surface area contributed by atoms with E-state index in [-0.39, 0.29) is 12.5 Å². The summed E-state index contributed by atoms with van der Waals surface area (Å²) in [6.45, 7) is 2.68. The Balaban J connectivity index is 1.57. The summed E-state index contributed by atoms with van der Waals surface area (Å²) in [5.74, 6) is -0.216. The largest absolute Gasteiger partial charge is 0.394 e. The van der Waals surface area contributed by atoms with Crippen molar-refractivity contribution >= 4 is 5.91 Å². The molecule has 2 saturated heterocycles. The fourth-order valence-electron chi connectivity index (χ4n) is 8.70. The third-order valence-electron chi connectivity index (χ3n) is 13.0. The van der Waals surface area contributed by atoms with Crippen molar-refractivity contribution in [2.75, 3.05) is 19.8 Å². The van der Waals surface area contributed by atoms with Gasteiger partial charge in [0, 0.05) is 6.42 Å². The minimum Gasteiger partial charge on any atom is -0.394 e. The second-order valence-corrected chi connectivity index (χ2v) is 18.7. The van der Waals surface area contributed by atoms with Gasteiger partial charge in [-0.2, -0.15) is 0 Å². The number of carbonyl (C=O) groups excluding carboxylic acids is 1. The van der Waals surface area contributed by atoms with Crippen molar-refractivity contribution in [3.05, 3.63) is 12.2 Å². The molecular formula is C50H95NO13. The molecule has 2 aliphatic heterocycles. The predicted octanol–water partition coefficient (Wildman–Crippen LogP) is 6.77. The Morgan fingerprint density at radius 3 is 1.48 bits per heavy atom. The lowest BCUT2D eigenvalue weighted by Crippen LogP contribution is -2.65. The number of nitrogens with one attached hydrogen (secondary N) is 1. The Morgan fingerprint density at radius 1 is 0.547 bits per heavy atom. The highest BCUT2D eigenvalue weighted by Gasteiger charge is 2.51. The average Bonchev–Trinajstić information content (AvgIpc) is 3.29. The molecule has 2 heterocycles. The molecule has 14 nitrogen and oxygen atoms in total. The van der Waals surface area contributed by atoms with E-state index in [0.717, 1.165) is 44.9 Å². The van der Waals surface area contributed by atoms with E-state index >= 15 is 0 Å². The molecule has 0 radical (unpaired) electrons. The van der Waals surface area contributed by atoms with Crippen LogP contribution in [-0.2, 0) is 23.7 Å². The Kier molecular flexibility index (Phi) is 34.7. The lowest BCUT2D eigenvalue weighted by Gasteiger charge is -2.46. The Labute approximate surface area is 386 Å². The molecule has 12 atom stereocenters. The first kappa shape index (κ1) is 58.9. The average molecular weight is 918 g/mol. The van der Waals surface area contributed by atoms with Crippen molar-refractivity contribution in [1.82, 2.24) is 5.32 Å². The zero-order valence-electron chi connectivity index (χ0n) is 40.0. The van der Waals surface area contributed by atoms with Gasteiger partial charge in [0.2, 0.25) is 5.91 Å². The normalized spacial score (nSPS) is 27.3. The van der Waals surface area contributed by atoms with Crippen LogP contribution >= 0.6 is 0 Å². The topological polar surface area (TPSA) is 228 Å². The summed E-state index contributed by atoms with van der Waals surface area (Å²) in [7, 11) is 0. The molecule has 0 saturated carbocycles. The van der Waals surface area contributed by atoms with Gasteiger partial charge in [-0.3, -0.25) is 4.79 Å². The Bertz CT molecular complexity index is 1130. The number of rotatable bonds is 40. The molecule has 0 spiro atoms. The summed E-state index contributed by atoms with van der Waals surface area (Å²) in [6, 6.07) is -0.820. The number of amides is 1. The fourth-order valence-corrected chi connectivity index (χ4v) is 8.70. The van der Waals surface area contributed by atoms with Crippen molar-refractivity contribution in [3.8, 4) is 0 Å². The highest BCUT2D eigenvalue weighted by atomic mass is 16.7. The van der Waals surface area contributed by atoms with Gasteiger partial charge < -0.3 is 65.1 Å². The molecule has 378 valence electrons. The van der Waals surface area contributed by atoms with Gasteiger partial charge in [0.05, 0.1) is 32.0 Å². The molecule has 2 rings (SSSR count). The van der Waals surface area contributed by atoms with E-state index in [1.165, 1.54) is 135 Å². The van der Waals surface area contributed by atoms with Crippen LogP contribution in [-0.4, -0.2) is 140 Å². The lowest BCUT2D eigenvalue weighted by atomic mass is 9.97. The molecule has 0 aromatic heterocycles. The Hall–Kier alpha value is -1.27. The van der Waals surface area contributed by atoms with Crippen LogP contribution in [0.3, 0.4) is 0 Å². The maximum Gasteiger partial charge on any atom is 0.220 e. The molecule has 2 fully saturated rings. The quantitative estimate of drug-likeness (QED) is 0.0229. The van der Waals surface area contributed by atoms with E-state index in [9.17, 15) is 45.6 Å². The second kappa shape index (κ2) is 37.7. The number of ether oxygens (including phenoxy) is 4. The number of hydrogen-bond donors (Lipinski definition) is 9. The summed E-state index contributed by atoms with van der Waals surface area (Å²) in [5, 5.41) is 86.0. The third kappa shape index (κ3) is 24.7. The van der Waals surface area contributed by atoms with Gasteiger partial charge in [-0.05, 0) is 38.5 Å². The maximum absolute atomic E-state index is 13.0. The van der Waals surface area contributed by atoms with E-state index < -0.39 is 86.8 Å². The smallest absolute Gasteiger partial charge is 0.220 e. The zero-order valence-corrected chi connectivity index (χ0v) is 40.0. The molecular weight excluding hydrogens is 823 g/mol. The van der Waals surface area contributed by atoms with Gasteiger partial charge in [0.1, 0.15) is 48.8 Å². The first-order valence-electron chi connectivity index (χ1n) is 25.9. The van der Waals surface area contributed by atoms with E-state index in [2.05, 4.69) is 31.3 Å². The molecule has 0 aliphatic carbocycles. The third-order valence-corrected chi connectivity index (χ3v) is 13.0. The molecule has 2 aliphatic rings. The molecule has 0 aromatic rings. The first-order valence-corrected chi connectivity index (χ1v) is 25.9. The van der Waals surface area contributed by atoms with Gasteiger partial charge in [-0.25, -0.2) is 0 Å². The lowest BCUT2D eigenvalue weighted by molar-refractivity contribution is -0.359. The van der Waals surface area contributed by atoms with Crippen molar-refractivity contribution < 1.29 is 64.6 Å². The second-order valence-electron chi connectivity index (χ2n) is 18.7. The maximum atomic E-state index is 13.0. The van der Waals surface area contributed by atoms with Gasteiger partial charge in [-0.15, -0.1) is 0 Å². The molecule has 12 unspecified atom stereocenters. The summed E-state index contributed by atoms with van der Waals surface area (Å²) in [4.78, 5) is 13.0. The van der Waals surface area contributed by atoms with Gasteiger partial charge in [0.15, 0.2) is 12.6 Å². The molecule has 64 heavy (non-hydrogen) atoms. The molecule has 9 N–H and O–H groups in total. The van der Waals surface area contributed by atoms with Crippen LogP contribution in [0.25, 0.3) is 0 Å². The summed E-state index contributed by atoms with van der Waals surface area (Å²) >= 11 is 0. The summed E-state index contributed by atoms with van der Waals surface area (Å²) in [5.41, 5.74) is 0. The van der Waals surface area contributed by atoms with Crippen LogP contribution in [0.1, 0.15) is 206 Å². The SMILES string of the molecule is CCCCCCCCCC/C=C\CCCCCCCCCCCCCCCCCC(=O)NC(COC1OC(CO)C(OC2OC(CO)C(O)C(O)C2O)C(O)C1O)C(O)CCCCC. The first-order chi connectivity index (χ1) is 31.1. The van der Waals surface area contributed by atoms with Gasteiger partial charge in [-0.1, -0.05) is 174 Å². The number of unbranched alkanes of at least 4 members (excludes halogenated alkanes) is 25. The number of allylic oxidation sites excluding steroid dienone is 2. The van der Waals surface area contributed by atoms with Crippen molar-refractivity contribution in [1.29, 1.82) is 0 Å². The minimum absolute atomic E-state index is 0.216. The molecule has 1 amide bonds. The van der Waals surface area contributed by atoms with Gasteiger partial charge >= 0.3 is 0 Å². The monoisotopic (exact) mass is 918 g/mol. The van der Waals surface area contributed by atoms with Crippen LogP contribution < -0.4 is 5.32 Å². The van der Waals surface area contributed by atoms with Crippen LogP contribution in [0.5, 0.6) is 0 Å². The van der Waals surface area contributed by atoms with Gasteiger partial charge in [0.25, 0.3) is 0 Å². The van der Waals surface area contributed by atoms with E-state index in [4.69, 9.17) is 18.9 Å². The highest BCUT2D eigenvalue weighted by Crippen LogP contribution is 2.30. The van der Waals surface area contributed by atoms with E-state index in [0.29, 0.717) is 12.8 Å². The Morgan fingerprint density at radius 2 is 0.984 bits per heavy atom. The summed E-state index contributed by atoms with van der Waals surface area (Å²) in [6.07, 6.45) is 23.5.